The molecular formula is C18H24N2O. The van der Waals surface area contributed by atoms with Crippen molar-refractivity contribution in [3.05, 3.63) is 58.4 Å². The summed E-state index contributed by atoms with van der Waals surface area (Å²) in [6.07, 6.45) is 3.78. The third-order valence-electron chi connectivity index (χ3n) is 3.88. The number of hydrogen-bond acceptors (Lipinski definition) is 3. The largest absolute Gasteiger partial charge is 0.496 e. The van der Waals surface area contributed by atoms with Crippen molar-refractivity contribution in [1.29, 1.82) is 0 Å². The second kappa shape index (κ2) is 6.72. The number of aryl methyl sites for hydroxylation is 3. The summed E-state index contributed by atoms with van der Waals surface area (Å²) in [6, 6.07) is 6.62. The zero-order valence-electron chi connectivity index (χ0n) is 13.5. The van der Waals surface area contributed by atoms with E-state index in [2.05, 4.69) is 56.2 Å². The maximum Gasteiger partial charge on any atom is 0.122 e. The fourth-order valence-corrected chi connectivity index (χ4v) is 2.74. The van der Waals surface area contributed by atoms with Gasteiger partial charge >= 0.3 is 0 Å². The van der Waals surface area contributed by atoms with Crippen LogP contribution in [0.4, 0.5) is 0 Å². The summed E-state index contributed by atoms with van der Waals surface area (Å²) < 4.78 is 5.42. The van der Waals surface area contributed by atoms with Gasteiger partial charge in [0.2, 0.25) is 0 Å². The van der Waals surface area contributed by atoms with Gasteiger partial charge in [0.15, 0.2) is 0 Å². The van der Waals surface area contributed by atoms with Crippen molar-refractivity contribution < 1.29 is 4.74 Å². The van der Waals surface area contributed by atoms with Gasteiger partial charge in [-0.1, -0.05) is 13.0 Å². The minimum absolute atomic E-state index is 0.183. The quantitative estimate of drug-likeness (QED) is 0.908. The van der Waals surface area contributed by atoms with E-state index in [1.54, 1.807) is 7.11 Å². The zero-order chi connectivity index (χ0) is 15.4. The molecule has 0 fully saturated rings. The molecule has 3 heteroatoms. The first-order valence-corrected chi connectivity index (χ1v) is 7.37. The Morgan fingerprint density at radius 2 is 1.86 bits per heavy atom. The Kier molecular flexibility index (Phi) is 4.97. The van der Waals surface area contributed by atoms with Gasteiger partial charge in [0.05, 0.1) is 13.2 Å². The van der Waals surface area contributed by atoms with Gasteiger partial charge in [-0.05, 0) is 67.3 Å². The van der Waals surface area contributed by atoms with Crippen LogP contribution >= 0.6 is 0 Å². The monoisotopic (exact) mass is 284 g/mol. The molecule has 2 aromatic rings. The second-order valence-corrected chi connectivity index (χ2v) is 5.40. The molecule has 1 atom stereocenters. The highest BCUT2D eigenvalue weighted by Crippen LogP contribution is 2.31. The Labute approximate surface area is 127 Å². The average molecular weight is 284 g/mol. The minimum Gasteiger partial charge on any atom is -0.496 e. The van der Waals surface area contributed by atoms with Gasteiger partial charge in [-0.2, -0.15) is 0 Å². The highest BCUT2D eigenvalue weighted by molar-refractivity contribution is 5.46. The second-order valence-electron chi connectivity index (χ2n) is 5.40. The molecule has 1 aromatic heterocycles. The van der Waals surface area contributed by atoms with E-state index in [0.29, 0.717) is 0 Å². The number of aromatic nitrogens is 1. The average Bonchev–Trinajstić information content (AvgIpc) is 2.48. The number of hydrogen-bond donors (Lipinski definition) is 1. The normalized spacial score (nSPS) is 12.2. The lowest BCUT2D eigenvalue weighted by molar-refractivity contribution is 0.411. The Balaban J connectivity index is 2.53. The van der Waals surface area contributed by atoms with Gasteiger partial charge in [0, 0.05) is 12.4 Å². The molecule has 3 nitrogen and oxygen atoms in total. The van der Waals surface area contributed by atoms with E-state index in [-0.39, 0.29) is 6.04 Å². The van der Waals surface area contributed by atoms with Crippen molar-refractivity contribution in [1.82, 2.24) is 10.3 Å². The maximum absolute atomic E-state index is 5.42. The van der Waals surface area contributed by atoms with Crippen molar-refractivity contribution in [3.8, 4) is 5.75 Å². The molecule has 0 saturated carbocycles. The van der Waals surface area contributed by atoms with E-state index in [0.717, 1.165) is 17.9 Å². The first-order valence-electron chi connectivity index (χ1n) is 7.37. The van der Waals surface area contributed by atoms with E-state index < -0.39 is 0 Å². The summed E-state index contributed by atoms with van der Waals surface area (Å²) in [7, 11) is 1.72. The van der Waals surface area contributed by atoms with Crippen LogP contribution in [-0.4, -0.2) is 18.6 Å². The minimum atomic E-state index is 0.183. The van der Waals surface area contributed by atoms with Crippen molar-refractivity contribution >= 4 is 0 Å². The van der Waals surface area contributed by atoms with Crippen LogP contribution in [0.2, 0.25) is 0 Å². The third kappa shape index (κ3) is 3.24. The third-order valence-corrected chi connectivity index (χ3v) is 3.88. The zero-order valence-corrected chi connectivity index (χ0v) is 13.5. The summed E-state index contributed by atoms with van der Waals surface area (Å²) >= 11 is 0. The van der Waals surface area contributed by atoms with E-state index in [9.17, 15) is 0 Å². The van der Waals surface area contributed by atoms with E-state index >= 15 is 0 Å². The summed E-state index contributed by atoms with van der Waals surface area (Å²) in [5, 5.41) is 3.59. The molecule has 0 amide bonds. The molecule has 112 valence electrons. The molecule has 1 N–H and O–H groups in total. The lowest BCUT2D eigenvalue weighted by atomic mass is 9.91. The van der Waals surface area contributed by atoms with Crippen LogP contribution in [-0.2, 0) is 0 Å². The molecule has 0 aliphatic carbocycles. The van der Waals surface area contributed by atoms with Crippen LogP contribution in [0.15, 0.2) is 30.6 Å². The molecular weight excluding hydrogens is 260 g/mol. The van der Waals surface area contributed by atoms with Crippen LogP contribution in [0.3, 0.4) is 0 Å². The van der Waals surface area contributed by atoms with Crippen molar-refractivity contribution in [2.45, 2.75) is 33.7 Å². The highest BCUT2D eigenvalue weighted by Gasteiger charge is 2.18. The standard InChI is InChI=1S/C18H24N2O/c1-6-20-18(15-7-8-19-11-14(15)4)16-9-13(3)17(21-5)10-12(16)2/h7-11,18,20H,6H2,1-5H3. The summed E-state index contributed by atoms with van der Waals surface area (Å²) in [6.45, 7) is 9.38. The summed E-state index contributed by atoms with van der Waals surface area (Å²) in [5.41, 5.74) is 6.17. The summed E-state index contributed by atoms with van der Waals surface area (Å²) in [4.78, 5) is 4.20. The maximum atomic E-state index is 5.42. The van der Waals surface area contributed by atoms with Gasteiger partial charge in [0.25, 0.3) is 0 Å². The van der Waals surface area contributed by atoms with Crippen LogP contribution < -0.4 is 10.1 Å². The number of pyridine rings is 1. The van der Waals surface area contributed by atoms with E-state index in [1.807, 2.05) is 12.4 Å². The Morgan fingerprint density at radius 1 is 1.10 bits per heavy atom. The number of nitrogens with one attached hydrogen (secondary N) is 1. The van der Waals surface area contributed by atoms with Crippen LogP contribution in [0.25, 0.3) is 0 Å². The Bertz CT molecular complexity index is 623. The molecule has 0 aliphatic rings. The smallest absolute Gasteiger partial charge is 0.122 e. The van der Waals surface area contributed by atoms with Gasteiger partial charge in [0.1, 0.15) is 5.75 Å². The number of ether oxygens (including phenoxy) is 1. The van der Waals surface area contributed by atoms with Gasteiger partial charge in [-0.25, -0.2) is 0 Å². The highest BCUT2D eigenvalue weighted by atomic mass is 16.5. The lowest BCUT2D eigenvalue weighted by Crippen LogP contribution is -2.23. The summed E-state index contributed by atoms with van der Waals surface area (Å²) in [5.74, 6) is 0.943. The predicted molar refractivity (Wildman–Crippen MR) is 87.0 cm³/mol. The number of rotatable bonds is 5. The molecule has 0 aliphatic heterocycles. The van der Waals surface area contributed by atoms with Crippen molar-refractivity contribution in [3.63, 3.8) is 0 Å². The number of methoxy groups -OCH3 is 1. The Hall–Kier alpha value is -1.87. The molecule has 21 heavy (non-hydrogen) atoms. The topological polar surface area (TPSA) is 34.2 Å². The Morgan fingerprint density at radius 3 is 2.48 bits per heavy atom. The molecule has 2 rings (SSSR count). The molecule has 0 spiro atoms. The van der Waals surface area contributed by atoms with E-state index in [1.165, 1.54) is 22.3 Å². The molecule has 1 unspecified atom stereocenters. The van der Waals surface area contributed by atoms with Gasteiger partial charge in [-0.15, -0.1) is 0 Å². The van der Waals surface area contributed by atoms with Crippen molar-refractivity contribution in [2.24, 2.45) is 0 Å². The van der Waals surface area contributed by atoms with E-state index in [4.69, 9.17) is 4.74 Å². The molecule has 0 radical (unpaired) electrons. The predicted octanol–water partition coefficient (Wildman–Crippen LogP) is 3.71. The van der Waals surface area contributed by atoms with Crippen LogP contribution in [0.5, 0.6) is 5.75 Å². The fraction of sp³-hybridized carbons (Fsp3) is 0.389. The molecule has 0 bridgehead atoms. The molecule has 0 saturated heterocycles. The van der Waals surface area contributed by atoms with Crippen LogP contribution in [0.1, 0.15) is 40.8 Å². The van der Waals surface area contributed by atoms with Gasteiger partial charge < -0.3 is 10.1 Å². The fourth-order valence-electron chi connectivity index (χ4n) is 2.74. The SMILES string of the molecule is CCNC(c1ccncc1C)c1cc(C)c(OC)cc1C. The lowest BCUT2D eigenvalue weighted by Gasteiger charge is -2.23. The number of nitrogens with zero attached hydrogens (tertiary/aromatic N) is 1. The van der Waals surface area contributed by atoms with Crippen molar-refractivity contribution in [2.75, 3.05) is 13.7 Å². The number of benzene rings is 1. The van der Waals surface area contributed by atoms with Crippen LogP contribution in [0, 0.1) is 20.8 Å². The molecule has 1 aromatic carbocycles. The molecule has 1 heterocycles. The first kappa shape index (κ1) is 15.5. The van der Waals surface area contributed by atoms with Gasteiger partial charge in [-0.3, -0.25) is 4.98 Å². The first-order chi connectivity index (χ1) is 10.1.